The third kappa shape index (κ3) is 50.0. The Kier molecular flexibility index (Phi) is 25.1. The van der Waals surface area contributed by atoms with Crippen LogP contribution in [0.1, 0.15) is 20.8 Å². The lowest BCUT2D eigenvalue weighted by molar-refractivity contribution is 0.159. The summed E-state index contributed by atoms with van der Waals surface area (Å²) in [5, 5.41) is 14.6. The SMILES string of the molecule is CC(C)COC(=O)Cl.CCO.CO. The molecular formula is C8H19ClO4. The van der Waals surface area contributed by atoms with Crippen LogP contribution in [0, 0.1) is 5.92 Å². The van der Waals surface area contributed by atoms with Gasteiger partial charge in [-0.3, -0.25) is 0 Å². The molecule has 0 amide bonds. The topological polar surface area (TPSA) is 66.8 Å². The quantitative estimate of drug-likeness (QED) is 0.686. The van der Waals surface area contributed by atoms with E-state index in [2.05, 4.69) is 4.74 Å². The summed E-state index contributed by atoms with van der Waals surface area (Å²) in [5.41, 5.74) is -0.723. The Morgan fingerprint density at radius 1 is 1.46 bits per heavy atom. The number of rotatable bonds is 2. The van der Waals surface area contributed by atoms with Crippen LogP contribution in [-0.2, 0) is 4.74 Å². The van der Waals surface area contributed by atoms with Gasteiger partial charge in [0.15, 0.2) is 0 Å². The van der Waals surface area contributed by atoms with Crippen molar-refractivity contribution in [3.05, 3.63) is 0 Å². The van der Waals surface area contributed by atoms with Crippen LogP contribution in [0.5, 0.6) is 0 Å². The molecule has 4 nitrogen and oxygen atoms in total. The largest absolute Gasteiger partial charge is 0.453 e. The van der Waals surface area contributed by atoms with Crippen LogP contribution < -0.4 is 0 Å². The smallest absolute Gasteiger partial charge is 0.403 e. The van der Waals surface area contributed by atoms with E-state index in [1.807, 2.05) is 13.8 Å². The molecule has 0 radical (unpaired) electrons. The van der Waals surface area contributed by atoms with Crippen molar-refractivity contribution >= 4 is 17.0 Å². The molecule has 0 rings (SSSR count). The number of hydrogen-bond donors (Lipinski definition) is 2. The average molecular weight is 215 g/mol. The minimum atomic E-state index is -0.723. The zero-order chi connectivity index (χ0) is 11.3. The molecule has 0 saturated heterocycles. The molecule has 0 aliphatic rings. The zero-order valence-corrected chi connectivity index (χ0v) is 9.34. The Hall–Kier alpha value is -0.320. The van der Waals surface area contributed by atoms with Crippen LogP contribution in [0.4, 0.5) is 4.79 Å². The molecule has 13 heavy (non-hydrogen) atoms. The maximum absolute atomic E-state index is 9.89. The lowest BCUT2D eigenvalue weighted by atomic mass is 10.2. The van der Waals surface area contributed by atoms with Gasteiger partial charge in [0.25, 0.3) is 0 Å². The second-order valence-electron chi connectivity index (χ2n) is 2.26. The first-order valence-electron chi connectivity index (χ1n) is 3.92. The molecule has 0 spiro atoms. The van der Waals surface area contributed by atoms with Crippen LogP contribution in [-0.4, -0.2) is 36.0 Å². The number of ether oxygens (including phenoxy) is 1. The molecule has 0 atom stereocenters. The van der Waals surface area contributed by atoms with Gasteiger partial charge in [0.05, 0.1) is 6.61 Å². The Labute approximate surface area is 84.5 Å². The Morgan fingerprint density at radius 3 is 1.85 bits per heavy atom. The van der Waals surface area contributed by atoms with Crippen molar-refractivity contribution in [3.8, 4) is 0 Å². The highest BCUT2D eigenvalue weighted by molar-refractivity contribution is 6.61. The van der Waals surface area contributed by atoms with E-state index in [1.165, 1.54) is 0 Å². The highest BCUT2D eigenvalue weighted by atomic mass is 35.5. The van der Waals surface area contributed by atoms with Gasteiger partial charge < -0.3 is 14.9 Å². The molecule has 0 aliphatic carbocycles. The summed E-state index contributed by atoms with van der Waals surface area (Å²) < 4.78 is 4.43. The van der Waals surface area contributed by atoms with Crippen LogP contribution in [0.3, 0.4) is 0 Å². The maximum atomic E-state index is 9.89. The summed E-state index contributed by atoms with van der Waals surface area (Å²) in [6.45, 7) is 6.22. The predicted molar refractivity (Wildman–Crippen MR) is 52.9 cm³/mol. The van der Waals surface area contributed by atoms with Gasteiger partial charge in [-0.1, -0.05) is 13.8 Å². The van der Waals surface area contributed by atoms with Crippen molar-refractivity contribution in [2.45, 2.75) is 20.8 Å². The molecule has 0 aliphatic heterocycles. The number of carbonyl (C=O) groups excluding carboxylic acids is 1. The summed E-state index contributed by atoms with van der Waals surface area (Å²) in [4.78, 5) is 9.89. The number of hydrogen-bond acceptors (Lipinski definition) is 4. The Morgan fingerprint density at radius 2 is 1.77 bits per heavy atom. The van der Waals surface area contributed by atoms with E-state index in [4.69, 9.17) is 21.8 Å². The van der Waals surface area contributed by atoms with Crippen molar-refractivity contribution in [1.82, 2.24) is 0 Å². The van der Waals surface area contributed by atoms with Crippen molar-refractivity contribution in [1.29, 1.82) is 0 Å². The summed E-state index contributed by atoms with van der Waals surface area (Å²) in [5.74, 6) is 0.359. The number of halogens is 1. The van der Waals surface area contributed by atoms with E-state index in [0.29, 0.717) is 12.5 Å². The first kappa shape index (κ1) is 18.5. The fraction of sp³-hybridized carbons (Fsp3) is 0.875. The van der Waals surface area contributed by atoms with Gasteiger partial charge in [0.2, 0.25) is 0 Å². The summed E-state index contributed by atoms with van der Waals surface area (Å²) in [6.07, 6.45) is 0. The van der Waals surface area contributed by atoms with Crippen LogP contribution in [0.15, 0.2) is 0 Å². The van der Waals surface area contributed by atoms with E-state index in [0.717, 1.165) is 7.11 Å². The highest BCUT2D eigenvalue weighted by Crippen LogP contribution is 1.94. The predicted octanol–water partition coefficient (Wildman–Crippen LogP) is 1.62. The minimum Gasteiger partial charge on any atom is -0.453 e. The van der Waals surface area contributed by atoms with E-state index in [1.54, 1.807) is 6.92 Å². The number of aliphatic hydroxyl groups excluding tert-OH is 2. The van der Waals surface area contributed by atoms with Crippen LogP contribution in [0.25, 0.3) is 0 Å². The van der Waals surface area contributed by atoms with E-state index < -0.39 is 5.43 Å². The number of aliphatic hydroxyl groups is 2. The fourth-order valence-electron chi connectivity index (χ4n) is 0.232. The first-order chi connectivity index (χ1) is 6.04. The van der Waals surface area contributed by atoms with Crippen LogP contribution >= 0.6 is 11.6 Å². The number of carbonyl (C=O) groups is 1. The van der Waals surface area contributed by atoms with Gasteiger partial charge in [-0.15, -0.1) is 0 Å². The average Bonchev–Trinajstić information content (AvgIpc) is 2.06. The molecule has 0 bridgehead atoms. The summed E-state index contributed by atoms with van der Waals surface area (Å²) >= 11 is 4.86. The lowest BCUT2D eigenvalue weighted by Gasteiger charge is -2.00. The summed E-state index contributed by atoms with van der Waals surface area (Å²) in [7, 11) is 1.00. The summed E-state index contributed by atoms with van der Waals surface area (Å²) in [6, 6.07) is 0. The van der Waals surface area contributed by atoms with Crippen molar-refractivity contribution in [2.75, 3.05) is 20.3 Å². The lowest BCUT2D eigenvalue weighted by Crippen LogP contribution is -2.02. The molecule has 5 heteroatoms. The van der Waals surface area contributed by atoms with Gasteiger partial charge in [-0.2, -0.15) is 0 Å². The van der Waals surface area contributed by atoms with E-state index in [9.17, 15) is 4.79 Å². The molecule has 0 aromatic carbocycles. The Balaban J connectivity index is -0.000000169. The molecule has 0 aromatic heterocycles. The molecule has 2 N–H and O–H groups in total. The monoisotopic (exact) mass is 214 g/mol. The normalized spacial score (nSPS) is 7.69. The second-order valence-corrected chi connectivity index (χ2v) is 2.57. The van der Waals surface area contributed by atoms with Gasteiger partial charge in [0.1, 0.15) is 0 Å². The third-order valence-electron chi connectivity index (χ3n) is 0.530. The van der Waals surface area contributed by atoms with Crippen molar-refractivity contribution in [2.24, 2.45) is 5.92 Å². The first-order valence-corrected chi connectivity index (χ1v) is 4.30. The molecular weight excluding hydrogens is 196 g/mol. The fourth-order valence-corrected chi connectivity index (χ4v) is 0.295. The van der Waals surface area contributed by atoms with Gasteiger partial charge in [0, 0.05) is 25.3 Å². The molecule has 0 heterocycles. The Bertz CT molecular complexity index is 96.1. The molecule has 0 unspecified atom stereocenters. The van der Waals surface area contributed by atoms with Gasteiger partial charge >= 0.3 is 5.43 Å². The molecule has 0 aromatic rings. The second kappa shape index (κ2) is 17.7. The van der Waals surface area contributed by atoms with Crippen molar-refractivity contribution in [3.63, 3.8) is 0 Å². The molecule has 82 valence electrons. The van der Waals surface area contributed by atoms with Crippen molar-refractivity contribution < 1.29 is 19.7 Å². The van der Waals surface area contributed by atoms with E-state index in [-0.39, 0.29) is 6.61 Å². The minimum absolute atomic E-state index is 0.250. The van der Waals surface area contributed by atoms with Gasteiger partial charge in [-0.05, 0) is 12.8 Å². The highest BCUT2D eigenvalue weighted by Gasteiger charge is 1.96. The van der Waals surface area contributed by atoms with E-state index >= 15 is 0 Å². The van der Waals surface area contributed by atoms with Gasteiger partial charge in [-0.25, -0.2) is 4.79 Å². The zero-order valence-electron chi connectivity index (χ0n) is 8.58. The molecule has 0 saturated carbocycles. The van der Waals surface area contributed by atoms with Crippen LogP contribution in [0.2, 0.25) is 0 Å². The maximum Gasteiger partial charge on any atom is 0.403 e. The molecule has 0 fully saturated rings. The third-order valence-corrected chi connectivity index (χ3v) is 0.639. The standard InChI is InChI=1S/C5H9ClO2.C2H6O.CH4O/c1-4(2)3-8-5(6)7;1-2-3;1-2/h4H,3H2,1-2H3;3H,2H2,1H3;2H,1H3.